The van der Waals surface area contributed by atoms with E-state index >= 15 is 0 Å². The number of nitrogens with zero attached hydrogens (tertiary/aromatic N) is 3. The van der Waals surface area contributed by atoms with Gasteiger partial charge in [0, 0.05) is 35.8 Å². The van der Waals surface area contributed by atoms with E-state index in [0.29, 0.717) is 0 Å². The fourth-order valence-corrected chi connectivity index (χ4v) is 3.25. The van der Waals surface area contributed by atoms with Gasteiger partial charge in [-0.2, -0.15) is 15.4 Å². The number of anilines is 1. The van der Waals surface area contributed by atoms with Gasteiger partial charge < -0.3 is 5.32 Å². The zero-order valence-electron chi connectivity index (χ0n) is 13.4. The van der Waals surface area contributed by atoms with Crippen molar-refractivity contribution >= 4 is 28.4 Å². The van der Waals surface area contributed by atoms with Gasteiger partial charge >= 0.3 is 0 Å². The van der Waals surface area contributed by atoms with Crippen LogP contribution in [0.4, 0.5) is 5.69 Å². The highest BCUT2D eigenvalue weighted by Gasteiger charge is 2.16. The van der Waals surface area contributed by atoms with Gasteiger partial charge in [-0.1, -0.05) is 24.3 Å². The second-order valence-corrected chi connectivity index (χ2v) is 6.10. The Morgan fingerprint density at radius 3 is 2.80 bits per heavy atom. The fourth-order valence-electron chi connectivity index (χ4n) is 3.25. The van der Waals surface area contributed by atoms with Gasteiger partial charge in [-0.3, -0.25) is 4.98 Å². The van der Waals surface area contributed by atoms with Gasteiger partial charge in [-0.15, -0.1) is 0 Å². The van der Waals surface area contributed by atoms with Gasteiger partial charge in [0.2, 0.25) is 0 Å². The van der Waals surface area contributed by atoms with Crippen LogP contribution in [0.5, 0.6) is 0 Å². The van der Waals surface area contributed by atoms with E-state index in [4.69, 9.17) is 0 Å². The van der Waals surface area contributed by atoms with E-state index in [-0.39, 0.29) is 0 Å². The van der Waals surface area contributed by atoms with Gasteiger partial charge in [-0.25, -0.2) is 0 Å². The van der Waals surface area contributed by atoms with Crippen molar-refractivity contribution in [3.05, 3.63) is 72.1 Å². The molecular weight excluding hydrogens is 310 g/mol. The first-order valence-electron chi connectivity index (χ1n) is 8.17. The summed E-state index contributed by atoms with van der Waals surface area (Å²) in [6.45, 7) is 0.822. The molecule has 0 fully saturated rings. The number of hydrogen-bond donors (Lipinski definition) is 2. The van der Waals surface area contributed by atoms with Crippen molar-refractivity contribution in [1.29, 1.82) is 0 Å². The van der Waals surface area contributed by atoms with Crippen molar-refractivity contribution in [1.82, 2.24) is 20.4 Å². The molecule has 5 heteroatoms. The summed E-state index contributed by atoms with van der Waals surface area (Å²) in [5.41, 5.74) is 8.87. The maximum absolute atomic E-state index is 4.20. The molecule has 2 aromatic carbocycles. The quantitative estimate of drug-likeness (QED) is 0.585. The molecule has 2 aromatic heterocycles. The normalized spacial score (nSPS) is 14.6. The molecule has 0 aliphatic carbocycles. The zero-order valence-corrected chi connectivity index (χ0v) is 13.4. The van der Waals surface area contributed by atoms with Crippen LogP contribution in [0.15, 0.2) is 60.9 Å². The molecule has 0 unspecified atom stereocenters. The molecule has 0 radical (unpaired) electrons. The van der Waals surface area contributed by atoms with Crippen LogP contribution in [-0.4, -0.2) is 26.9 Å². The second-order valence-electron chi connectivity index (χ2n) is 6.10. The first-order valence-corrected chi connectivity index (χ1v) is 8.17. The van der Waals surface area contributed by atoms with Crippen molar-refractivity contribution in [2.24, 2.45) is 0 Å². The molecule has 0 saturated carbocycles. The van der Waals surface area contributed by atoms with Crippen LogP contribution in [-0.2, 0) is 0 Å². The molecule has 2 N–H and O–H groups in total. The van der Waals surface area contributed by atoms with Gasteiger partial charge in [0.05, 0.1) is 0 Å². The lowest BCUT2D eigenvalue weighted by Crippen LogP contribution is -1.91. The number of hydrogen-bond acceptors (Lipinski definition) is 4. The van der Waals surface area contributed by atoms with Crippen molar-refractivity contribution in [2.75, 3.05) is 11.9 Å². The Hall–Kier alpha value is -3.47. The van der Waals surface area contributed by atoms with Gasteiger partial charge in [-0.05, 0) is 47.0 Å². The molecule has 25 heavy (non-hydrogen) atoms. The Kier molecular flexibility index (Phi) is 3.10. The number of rotatable bonds is 2. The molecule has 0 atom stereocenters. The third-order valence-corrected chi connectivity index (χ3v) is 4.51. The van der Waals surface area contributed by atoms with E-state index in [2.05, 4.69) is 62.1 Å². The molecule has 0 amide bonds. The molecule has 0 bridgehead atoms. The van der Waals surface area contributed by atoms with E-state index in [1.807, 2.05) is 24.4 Å². The van der Waals surface area contributed by atoms with Crippen LogP contribution in [0.1, 0.15) is 11.1 Å². The topological polar surface area (TPSA) is 66.5 Å². The van der Waals surface area contributed by atoms with Crippen LogP contribution in [0.2, 0.25) is 0 Å². The van der Waals surface area contributed by atoms with Crippen molar-refractivity contribution in [3.8, 4) is 11.1 Å². The minimum atomic E-state index is 0.822. The molecule has 0 saturated heterocycles. The highest BCUT2D eigenvalue weighted by molar-refractivity contribution is 5.95. The summed E-state index contributed by atoms with van der Waals surface area (Å²) < 4.78 is 0. The SMILES string of the molecule is C(=C1\CNc2cc(-c3cccnc3)ccc21)/c1ccc2n[nH]nc2c1. The zero-order chi connectivity index (χ0) is 16.6. The maximum atomic E-state index is 4.20. The van der Waals surface area contributed by atoms with Crippen molar-refractivity contribution in [2.45, 2.75) is 0 Å². The Balaban J connectivity index is 1.52. The van der Waals surface area contributed by atoms with Crippen molar-refractivity contribution in [3.63, 3.8) is 0 Å². The van der Waals surface area contributed by atoms with Crippen LogP contribution < -0.4 is 5.32 Å². The number of benzene rings is 2. The summed E-state index contributed by atoms with van der Waals surface area (Å²) in [5.74, 6) is 0. The van der Waals surface area contributed by atoms with Gasteiger partial charge in [0.15, 0.2) is 0 Å². The standard InChI is InChI=1S/C20H15N5/c1-2-15(11-21-7-1)14-4-5-17-16(12-22-19(17)10-14)8-13-3-6-18-20(9-13)24-25-23-18/h1-11,22H,12H2,(H,23,24,25)/b16-8-. The summed E-state index contributed by atoms with van der Waals surface area (Å²) in [5, 5.41) is 14.4. The van der Waals surface area contributed by atoms with Gasteiger partial charge in [0.25, 0.3) is 0 Å². The Labute approximate surface area is 144 Å². The number of fused-ring (bicyclic) bond motifs is 2. The molecule has 3 heterocycles. The lowest BCUT2D eigenvalue weighted by molar-refractivity contribution is 0.959. The third kappa shape index (κ3) is 2.46. The van der Waals surface area contributed by atoms with E-state index in [9.17, 15) is 0 Å². The first-order chi connectivity index (χ1) is 12.4. The number of pyridine rings is 1. The predicted molar refractivity (Wildman–Crippen MR) is 99.9 cm³/mol. The third-order valence-electron chi connectivity index (χ3n) is 4.51. The molecule has 5 rings (SSSR count). The highest BCUT2D eigenvalue weighted by Crippen LogP contribution is 2.35. The highest BCUT2D eigenvalue weighted by atomic mass is 15.3. The molecule has 0 spiro atoms. The maximum Gasteiger partial charge on any atom is 0.113 e. The molecule has 1 aliphatic rings. The van der Waals surface area contributed by atoms with E-state index in [1.165, 1.54) is 16.7 Å². The Morgan fingerprint density at radius 1 is 0.920 bits per heavy atom. The predicted octanol–water partition coefficient (Wildman–Crippen LogP) is 3.99. The molecule has 4 aromatic rings. The molecule has 120 valence electrons. The summed E-state index contributed by atoms with van der Waals surface area (Å²) >= 11 is 0. The van der Waals surface area contributed by atoms with Crippen LogP contribution in [0.3, 0.4) is 0 Å². The van der Waals surface area contributed by atoms with E-state index in [1.54, 1.807) is 6.20 Å². The van der Waals surface area contributed by atoms with Gasteiger partial charge in [0.1, 0.15) is 11.0 Å². The average Bonchev–Trinajstić information content (AvgIpc) is 3.29. The molecule has 5 nitrogen and oxygen atoms in total. The minimum absolute atomic E-state index is 0.822. The number of nitrogens with one attached hydrogen (secondary N) is 2. The summed E-state index contributed by atoms with van der Waals surface area (Å²) in [6.07, 6.45) is 5.89. The molecular formula is C20H15N5. The summed E-state index contributed by atoms with van der Waals surface area (Å²) in [6, 6.07) is 16.7. The van der Waals surface area contributed by atoms with Crippen LogP contribution in [0, 0.1) is 0 Å². The Morgan fingerprint density at radius 2 is 1.88 bits per heavy atom. The lowest BCUT2D eigenvalue weighted by Gasteiger charge is -2.05. The Bertz CT molecular complexity index is 1100. The second kappa shape index (κ2) is 5.56. The number of aromatic amines is 1. The lowest BCUT2D eigenvalue weighted by atomic mass is 10.0. The van der Waals surface area contributed by atoms with E-state index in [0.717, 1.165) is 34.4 Å². The average molecular weight is 325 g/mol. The smallest absolute Gasteiger partial charge is 0.113 e. The molecule has 1 aliphatic heterocycles. The minimum Gasteiger partial charge on any atom is -0.380 e. The van der Waals surface area contributed by atoms with Crippen molar-refractivity contribution < 1.29 is 0 Å². The number of H-pyrrole nitrogens is 1. The first kappa shape index (κ1) is 13.9. The largest absolute Gasteiger partial charge is 0.380 e. The number of aromatic nitrogens is 4. The summed E-state index contributed by atoms with van der Waals surface area (Å²) in [7, 11) is 0. The fraction of sp³-hybridized carbons (Fsp3) is 0.0500. The van der Waals surface area contributed by atoms with Crippen LogP contribution >= 0.6 is 0 Å². The monoisotopic (exact) mass is 325 g/mol. The van der Waals surface area contributed by atoms with E-state index < -0.39 is 0 Å². The summed E-state index contributed by atoms with van der Waals surface area (Å²) in [4.78, 5) is 4.20. The van der Waals surface area contributed by atoms with Crippen LogP contribution in [0.25, 0.3) is 33.8 Å².